The Morgan fingerprint density at radius 1 is 0.731 bits per heavy atom. The molecule has 26 heavy (non-hydrogen) atoms. The van der Waals surface area contributed by atoms with Crippen molar-refractivity contribution in [3.05, 3.63) is 0 Å². The summed E-state index contributed by atoms with van der Waals surface area (Å²) in [5.74, 6) is 0.0435. The van der Waals surface area contributed by atoms with E-state index in [1.807, 2.05) is 0 Å². The Morgan fingerprint density at radius 3 is 1.65 bits per heavy atom. The Kier molecular flexibility index (Phi) is 10.9. The molecule has 0 radical (unpaired) electrons. The first-order chi connectivity index (χ1) is 11.7. The van der Waals surface area contributed by atoms with Crippen LogP contribution in [0.25, 0.3) is 0 Å². The van der Waals surface area contributed by atoms with Gasteiger partial charge in [0.25, 0.3) is 0 Å². The Hall–Kier alpha value is -0.220. The van der Waals surface area contributed by atoms with Crippen LogP contribution in [0.3, 0.4) is 0 Å². The van der Waals surface area contributed by atoms with Crippen molar-refractivity contribution in [1.82, 2.24) is 0 Å². The molecule has 0 atom stereocenters. The number of ether oxygens (including phenoxy) is 1. The van der Waals surface area contributed by atoms with Crippen molar-refractivity contribution in [3.8, 4) is 0 Å². The van der Waals surface area contributed by atoms with Crippen LogP contribution in [0, 0.1) is 5.41 Å². The average Bonchev–Trinajstić information content (AvgIpc) is 2.42. The highest BCUT2D eigenvalue weighted by Crippen LogP contribution is 2.29. The van der Waals surface area contributed by atoms with Crippen LogP contribution in [0.5, 0.6) is 0 Å². The van der Waals surface area contributed by atoms with E-state index in [9.17, 15) is 16.8 Å². The van der Waals surface area contributed by atoms with Gasteiger partial charge in [0.05, 0.1) is 10.5 Å². The number of hydrogen-bond acceptors (Lipinski definition) is 5. The summed E-state index contributed by atoms with van der Waals surface area (Å²) in [6, 6.07) is 0. The molecule has 0 aliphatic carbocycles. The lowest BCUT2D eigenvalue weighted by molar-refractivity contribution is 0.122. The second-order valence-electron chi connectivity index (χ2n) is 8.47. The average molecular weight is 415 g/mol. The first kappa shape index (κ1) is 25.8. The van der Waals surface area contributed by atoms with E-state index < -0.39 is 24.8 Å². The van der Waals surface area contributed by atoms with Gasteiger partial charge in [-0.15, -0.1) is 0 Å². The number of sulfonamides is 2. The topological polar surface area (TPSA) is 130 Å². The van der Waals surface area contributed by atoms with Gasteiger partial charge in [-0.1, -0.05) is 20.3 Å². The molecule has 0 heterocycles. The summed E-state index contributed by atoms with van der Waals surface area (Å²) in [7, 11) is -6.88. The first-order valence-electron chi connectivity index (χ1n) is 9.27. The van der Waals surface area contributed by atoms with Crippen LogP contribution in [0.1, 0.15) is 79.1 Å². The van der Waals surface area contributed by atoms with Crippen molar-refractivity contribution < 1.29 is 21.6 Å². The van der Waals surface area contributed by atoms with E-state index in [1.54, 1.807) is 13.8 Å². The van der Waals surface area contributed by atoms with Gasteiger partial charge in [-0.05, 0) is 64.2 Å². The molecule has 4 N–H and O–H groups in total. The van der Waals surface area contributed by atoms with Crippen molar-refractivity contribution in [2.24, 2.45) is 15.7 Å². The second kappa shape index (κ2) is 10.9. The molecular weight excluding hydrogens is 376 g/mol. The van der Waals surface area contributed by atoms with E-state index in [0.717, 1.165) is 38.5 Å². The molecule has 0 unspecified atom stereocenters. The summed E-state index contributed by atoms with van der Waals surface area (Å²) in [6.45, 7) is 8.89. The zero-order valence-electron chi connectivity index (χ0n) is 16.8. The minimum Gasteiger partial charge on any atom is -0.381 e. The van der Waals surface area contributed by atoms with Gasteiger partial charge in [0.15, 0.2) is 0 Å². The predicted octanol–water partition coefficient (Wildman–Crippen LogP) is 2.51. The van der Waals surface area contributed by atoms with Crippen LogP contribution >= 0.6 is 0 Å². The van der Waals surface area contributed by atoms with Gasteiger partial charge in [-0.2, -0.15) is 0 Å². The normalized spacial score (nSPS) is 13.9. The molecule has 0 saturated carbocycles. The highest BCUT2D eigenvalue weighted by atomic mass is 32.2. The van der Waals surface area contributed by atoms with Crippen LogP contribution in [0.2, 0.25) is 0 Å². The standard InChI is InChI=1S/C17H38N2O5S2/c1-16(2,11-9-15-25(18,20)21)10-5-7-13-24-14-8-6-12-17(3,4)26(19,22)23/h5-15H2,1-4H3,(H2,18,20,21)(H2,19,22,23). The predicted molar refractivity (Wildman–Crippen MR) is 107 cm³/mol. The zero-order valence-corrected chi connectivity index (χ0v) is 18.4. The lowest BCUT2D eigenvalue weighted by atomic mass is 9.83. The number of unbranched alkanes of at least 4 members (excludes halogenated alkanes) is 2. The number of hydrogen-bond donors (Lipinski definition) is 2. The van der Waals surface area contributed by atoms with Crippen LogP contribution in [-0.4, -0.2) is 40.5 Å². The minimum atomic E-state index is -3.52. The minimum absolute atomic E-state index is 0.0435. The van der Waals surface area contributed by atoms with E-state index in [1.165, 1.54) is 0 Å². The molecule has 0 saturated heterocycles. The van der Waals surface area contributed by atoms with Gasteiger partial charge >= 0.3 is 0 Å². The van der Waals surface area contributed by atoms with Crippen LogP contribution in [-0.2, 0) is 24.8 Å². The second-order valence-corrected chi connectivity index (χ2v) is 12.4. The summed E-state index contributed by atoms with van der Waals surface area (Å²) in [5, 5.41) is 10.2. The third-order valence-corrected chi connectivity index (χ3v) is 7.36. The Balaban J connectivity index is 3.70. The maximum Gasteiger partial charge on any atom is 0.214 e. The molecule has 0 aromatic rings. The first-order valence-corrected chi connectivity index (χ1v) is 12.5. The van der Waals surface area contributed by atoms with E-state index >= 15 is 0 Å². The van der Waals surface area contributed by atoms with Gasteiger partial charge in [0, 0.05) is 13.2 Å². The fourth-order valence-corrected chi connectivity index (χ4v) is 3.66. The van der Waals surface area contributed by atoms with E-state index in [-0.39, 0.29) is 11.2 Å². The molecule has 0 amide bonds. The maximum absolute atomic E-state index is 11.4. The van der Waals surface area contributed by atoms with Gasteiger partial charge in [0.1, 0.15) is 0 Å². The molecule has 158 valence electrons. The van der Waals surface area contributed by atoms with E-state index in [2.05, 4.69) is 13.8 Å². The zero-order chi connectivity index (χ0) is 20.5. The third-order valence-electron chi connectivity index (χ3n) is 4.76. The molecule has 9 heteroatoms. The van der Waals surface area contributed by atoms with Crippen molar-refractivity contribution >= 4 is 20.0 Å². The van der Waals surface area contributed by atoms with Gasteiger partial charge in [-0.25, -0.2) is 27.1 Å². The number of primary sulfonamides is 2. The lowest BCUT2D eigenvalue weighted by Gasteiger charge is -2.24. The fraction of sp³-hybridized carbons (Fsp3) is 1.00. The summed E-state index contributed by atoms with van der Waals surface area (Å²) >= 11 is 0. The van der Waals surface area contributed by atoms with Crippen molar-refractivity contribution in [2.75, 3.05) is 19.0 Å². The molecule has 0 aliphatic rings. The molecule has 0 bridgehead atoms. The van der Waals surface area contributed by atoms with Crippen LogP contribution in [0.15, 0.2) is 0 Å². The molecular formula is C17H38N2O5S2. The Labute approximate surface area is 160 Å². The third kappa shape index (κ3) is 13.0. The molecule has 0 aromatic heterocycles. The number of rotatable bonds is 15. The van der Waals surface area contributed by atoms with Gasteiger partial charge < -0.3 is 4.74 Å². The monoisotopic (exact) mass is 414 g/mol. The summed E-state index contributed by atoms with van der Waals surface area (Å²) in [4.78, 5) is 0. The lowest BCUT2D eigenvalue weighted by Crippen LogP contribution is -2.37. The Morgan fingerprint density at radius 2 is 1.19 bits per heavy atom. The highest BCUT2D eigenvalue weighted by Gasteiger charge is 2.30. The highest BCUT2D eigenvalue weighted by molar-refractivity contribution is 7.90. The molecule has 0 rings (SSSR count). The Bertz CT molecular complexity index is 599. The van der Waals surface area contributed by atoms with Gasteiger partial charge in [0.2, 0.25) is 20.0 Å². The smallest absolute Gasteiger partial charge is 0.214 e. The largest absolute Gasteiger partial charge is 0.381 e. The van der Waals surface area contributed by atoms with Crippen molar-refractivity contribution in [2.45, 2.75) is 83.8 Å². The van der Waals surface area contributed by atoms with Crippen molar-refractivity contribution in [3.63, 3.8) is 0 Å². The fourth-order valence-electron chi connectivity index (χ4n) is 2.68. The molecule has 0 aromatic carbocycles. The van der Waals surface area contributed by atoms with Crippen molar-refractivity contribution in [1.29, 1.82) is 0 Å². The van der Waals surface area contributed by atoms with Crippen LogP contribution < -0.4 is 10.3 Å². The molecule has 0 spiro atoms. The quantitative estimate of drug-likeness (QED) is 0.398. The van der Waals surface area contributed by atoms with Gasteiger partial charge in [-0.3, -0.25) is 0 Å². The van der Waals surface area contributed by atoms with E-state index in [0.29, 0.717) is 26.1 Å². The molecule has 0 fully saturated rings. The molecule has 7 nitrogen and oxygen atoms in total. The maximum atomic E-state index is 11.4. The number of nitrogens with two attached hydrogens (primary N) is 2. The summed E-state index contributed by atoms with van der Waals surface area (Å²) in [6.07, 6.45) is 6.55. The molecule has 0 aliphatic heterocycles. The summed E-state index contributed by atoms with van der Waals surface area (Å²) in [5.41, 5.74) is 0.101. The summed E-state index contributed by atoms with van der Waals surface area (Å²) < 4.78 is 49.4. The SMILES string of the molecule is CC(C)(CCCCOCCCCC(C)(C)S(N)(=O)=O)CCCS(N)(=O)=O. The van der Waals surface area contributed by atoms with Crippen LogP contribution in [0.4, 0.5) is 0 Å². The van der Waals surface area contributed by atoms with E-state index in [4.69, 9.17) is 15.0 Å².